The molecule has 1 aliphatic heterocycles. The zero-order chi connectivity index (χ0) is 27.1. The number of carbonyl (C=O) groups excluding carboxylic acids is 1. The van der Waals surface area contributed by atoms with Crippen LogP contribution in [0.1, 0.15) is 32.7 Å². The Bertz CT molecular complexity index is 1490. The third kappa shape index (κ3) is 5.09. The zero-order valence-corrected chi connectivity index (χ0v) is 21.5. The van der Waals surface area contributed by atoms with Crippen molar-refractivity contribution in [3.8, 4) is 17.6 Å². The third-order valence-corrected chi connectivity index (χ3v) is 7.72. The lowest BCUT2D eigenvalue weighted by atomic mass is 10.1. The molecule has 1 N–H and O–H groups in total. The van der Waals surface area contributed by atoms with Crippen molar-refractivity contribution in [1.29, 1.82) is 5.26 Å². The van der Waals surface area contributed by atoms with Crippen LogP contribution < -0.4 is 15.0 Å². The molecule has 0 atom stereocenters. The lowest BCUT2D eigenvalue weighted by Crippen LogP contribution is -2.32. The van der Waals surface area contributed by atoms with Gasteiger partial charge in [-0.25, -0.2) is 0 Å². The zero-order valence-electron chi connectivity index (χ0n) is 19.1. The number of methoxy groups -OCH3 is 2. The highest BCUT2D eigenvalue weighted by Gasteiger charge is 2.36. The van der Waals surface area contributed by atoms with E-state index in [-0.39, 0.29) is 38.5 Å². The van der Waals surface area contributed by atoms with Gasteiger partial charge in [0.2, 0.25) is 0 Å². The van der Waals surface area contributed by atoms with Gasteiger partial charge in [0.05, 0.1) is 34.7 Å². The number of alkyl halides is 3. The van der Waals surface area contributed by atoms with Gasteiger partial charge in [0.25, 0.3) is 11.5 Å². The van der Waals surface area contributed by atoms with E-state index in [9.17, 15) is 28.0 Å². The number of rotatable bonds is 5. The van der Waals surface area contributed by atoms with Gasteiger partial charge in [-0.3, -0.25) is 9.59 Å². The van der Waals surface area contributed by atoms with Crippen LogP contribution >= 0.6 is 35.0 Å². The van der Waals surface area contributed by atoms with Gasteiger partial charge < -0.3 is 19.4 Å². The summed E-state index contributed by atoms with van der Waals surface area (Å²) in [6, 6.07) is 8.61. The van der Waals surface area contributed by atoms with Crippen molar-refractivity contribution in [1.82, 2.24) is 9.88 Å². The van der Waals surface area contributed by atoms with Gasteiger partial charge in [-0.2, -0.15) is 18.4 Å². The molecule has 0 unspecified atom stereocenters. The van der Waals surface area contributed by atoms with Crippen molar-refractivity contribution in [3.05, 3.63) is 78.7 Å². The van der Waals surface area contributed by atoms with Gasteiger partial charge in [-0.1, -0.05) is 35.0 Å². The predicted molar refractivity (Wildman–Crippen MR) is 130 cm³/mol. The number of nitriles is 1. The quantitative estimate of drug-likeness (QED) is 0.411. The number of benzene rings is 2. The van der Waals surface area contributed by atoms with E-state index in [1.54, 1.807) is 17.1 Å². The minimum absolute atomic E-state index is 0.0280. The molecular weight excluding hydrogens is 554 g/mol. The molecule has 3 aromatic rings. The van der Waals surface area contributed by atoms with E-state index in [4.69, 9.17) is 32.7 Å². The maximum atomic E-state index is 13.5. The lowest BCUT2D eigenvalue weighted by Gasteiger charge is -2.19. The Morgan fingerprint density at radius 3 is 2.22 bits per heavy atom. The molecule has 0 saturated carbocycles. The van der Waals surface area contributed by atoms with Crippen LogP contribution in [0, 0.1) is 11.3 Å². The molecule has 0 aliphatic carbocycles. The fourth-order valence-corrected chi connectivity index (χ4v) is 5.51. The molecule has 1 aliphatic rings. The molecule has 4 rings (SSSR count). The number of carbonyl (C=O) groups is 1. The maximum absolute atomic E-state index is 13.5. The van der Waals surface area contributed by atoms with Gasteiger partial charge in [0.1, 0.15) is 17.3 Å². The highest BCUT2D eigenvalue weighted by atomic mass is 35.5. The number of nitrogens with zero attached hydrogens (tertiary/aromatic N) is 2. The number of H-pyrrole nitrogens is 1. The van der Waals surface area contributed by atoms with Gasteiger partial charge in [0.15, 0.2) is 11.5 Å². The molecule has 1 amide bonds. The molecule has 13 heteroatoms. The second-order valence-electron chi connectivity index (χ2n) is 7.84. The van der Waals surface area contributed by atoms with Gasteiger partial charge in [-0.05, 0) is 41.5 Å². The maximum Gasteiger partial charge on any atom is 0.431 e. The van der Waals surface area contributed by atoms with Crippen LogP contribution in [-0.2, 0) is 19.3 Å². The molecule has 0 saturated heterocycles. The molecule has 37 heavy (non-hydrogen) atoms. The number of hydrogen-bond acceptors (Lipinski definition) is 6. The SMILES string of the molecule is COc1cc2c(cc1OC)CN(C(=O)c1c(Sc3c(Cl)ccc(C#N)c3Cl)cc(C(F)(F)F)[nH]c1=O)C2. The van der Waals surface area contributed by atoms with Crippen LogP contribution in [0.4, 0.5) is 13.2 Å². The Hall–Kier alpha value is -3.33. The average Bonchev–Trinajstić information content (AvgIpc) is 3.27. The van der Waals surface area contributed by atoms with E-state index >= 15 is 0 Å². The number of nitrogens with one attached hydrogen (secondary N) is 1. The molecule has 2 heterocycles. The molecule has 2 aromatic carbocycles. The fraction of sp³-hybridized carbons (Fsp3) is 0.208. The van der Waals surface area contributed by atoms with Crippen LogP contribution in [0.5, 0.6) is 11.5 Å². The highest BCUT2D eigenvalue weighted by Crippen LogP contribution is 2.43. The van der Waals surface area contributed by atoms with Crippen molar-refractivity contribution in [2.45, 2.75) is 29.1 Å². The number of halogens is 5. The van der Waals surface area contributed by atoms with Crippen molar-refractivity contribution < 1.29 is 27.4 Å². The molecule has 192 valence electrons. The van der Waals surface area contributed by atoms with E-state index < -0.39 is 28.9 Å². The molecule has 7 nitrogen and oxygen atoms in total. The highest BCUT2D eigenvalue weighted by molar-refractivity contribution is 7.99. The summed E-state index contributed by atoms with van der Waals surface area (Å²) in [6.07, 6.45) is -4.89. The summed E-state index contributed by atoms with van der Waals surface area (Å²) in [4.78, 5) is 29.2. The van der Waals surface area contributed by atoms with E-state index in [0.29, 0.717) is 29.3 Å². The predicted octanol–water partition coefficient (Wildman–Crippen LogP) is 5.90. The van der Waals surface area contributed by atoms with Crippen molar-refractivity contribution in [2.75, 3.05) is 14.2 Å². The topological polar surface area (TPSA) is 95.4 Å². The van der Waals surface area contributed by atoms with Crippen LogP contribution in [0.2, 0.25) is 10.0 Å². The lowest BCUT2D eigenvalue weighted by molar-refractivity contribution is -0.141. The largest absolute Gasteiger partial charge is 0.493 e. The van der Waals surface area contributed by atoms with E-state index in [1.807, 2.05) is 6.07 Å². The van der Waals surface area contributed by atoms with Crippen molar-refractivity contribution >= 4 is 40.9 Å². The monoisotopic (exact) mass is 569 g/mol. The summed E-state index contributed by atoms with van der Waals surface area (Å²) < 4.78 is 51.2. The first-order valence-corrected chi connectivity index (χ1v) is 12.0. The third-order valence-electron chi connectivity index (χ3n) is 5.61. The van der Waals surface area contributed by atoms with Gasteiger partial charge in [0, 0.05) is 18.0 Å². The average molecular weight is 570 g/mol. The summed E-state index contributed by atoms with van der Waals surface area (Å²) >= 11 is 13.1. The van der Waals surface area contributed by atoms with Crippen LogP contribution in [0.25, 0.3) is 0 Å². The minimum Gasteiger partial charge on any atom is -0.493 e. The summed E-state index contributed by atoms with van der Waals surface area (Å²) in [7, 11) is 2.93. The smallest absolute Gasteiger partial charge is 0.431 e. The standard InChI is InChI=1S/C24H16Cl2F3N3O4S/c1-35-15-5-12-9-32(10-13(12)6-16(15)36-2)23(34)19-17(7-18(24(27,28)29)31-22(19)33)37-21-14(25)4-3-11(8-30)20(21)26/h3-7H,9-10H2,1-2H3,(H,31,33). The van der Waals surface area contributed by atoms with Crippen LogP contribution in [-0.4, -0.2) is 30.0 Å². The Morgan fingerprint density at radius 2 is 1.70 bits per heavy atom. The molecule has 0 radical (unpaired) electrons. The van der Waals surface area contributed by atoms with E-state index in [2.05, 4.69) is 0 Å². The molecule has 1 aromatic heterocycles. The molecular formula is C24H16Cl2F3N3O4S. The van der Waals surface area contributed by atoms with E-state index in [0.717, 1.165) is 11.1 Å². The summed E-state index contributed by atoms with van der Waals surface area (Å²) in [5.41, 5.74) is -1.59. The first kappa shape index (κ1) is 26.7. The second kappa shape index (κ2) is 10.2. The number of amides is 1. The first-order chi connectivity index (χ1) is 17.5. The fourth-order valence-electron chi connectivity index (χ4n) is 3.82. The summed E-state index contributed by atoms with van der Waals surface area (Å²) in [6.45, 7) is 0.176. The Labute approximate surface area is 222 Å². The number of pyridine rings is 1. The minimum atomic E-state index is -4.89. The number of aromatic amines is 1. The number of aromatic nitrogens is 1. The molecule has 0 spiro atoms. The number of hydrogen-bond donors (Lipinski definition) is 1. The summed E-state index contributed by atoms with van der Waals surface area (Å²) in [5.74, 6) is 0.0944. The normalized spacial score (nSPS) is 12.8. The van der Waals surface area contributed by atoms with Crippen molar-refractivity contribution in [2.24, 2.45) is 0 Å². The van der Waals surface area contributed by atoms with Gasteiger partial charge >= 0.3 is 6.18 Å². The van der Waals surface area contributed by atoms with Crippen molar-refractivity contribution in [3.63, 3.8) is 0 Å². The first-order valence-electron chi connectivity index (χ1n) is 10.4. The second-order valence-corrected chi connectivity index (χ2v) is 9.68. The van der Waals surface area contributed by atoms with Gasteiger partial charge in [-0.15, -0.1) is 0 Å². The Kier molecular flexibility index (Phi) is 7.37. The number of fused-ring (bicyclic) bond motifs is 1. The Morgan fingerprint density at radius 1 is 1.11 bits per heavy atom. The van der Waals surface area contributed by atoms with Crippen LogP contribution in [0.3, 0.4) is 0 Å². The number of ether oxygens (including phenoxy) is 2. The molecule has 0 fully saturated rings. The van der Waals surface area contributed by atoms with Crippen LogP contribution in [0.15, 0.2) is 44.9 Å². The Balaban J connectivity index is 1.80. The summed E-state index contributed by atoms with van der Waals surface area (Å²) in [5, 5.41) is 9.20. The van der Waals surface area contributed by atoms with E-state index in [1.165, 1.54) is 31.3 Å². The molecule has 0 bridgehead atoms.